The quantitative estimate of drug-likeness (QED) is 0.604. The first-order chi connectivity index (χ1) is 14.1. The van der Waals surface area contributed by atoms with Crippen LogP contribution in [-0.4, -0.2) is 21.6 Å². The van der Waals surface area contributed by atoms with Gasteiger partial charge in [-0.25, -0.2) is 4.79 Å². The highest BCUT2D eigenvalue weighted by atomic mass is 32.1. The summed E-state index contributed by atoms with van der Waals surface area (Å²) in [4.78, 5) is 38.2. The number of nitrogens with zero attached hydrogens (tertiary/aromatic N) is 2. The number of carbonyl (C=O) groups is 1. The van der Waals surface area contributed by atoms with Crippen LogP contribution in [-0.2, 0) is 17.9 Å². The Labute approximate surface area is 171 Å². The van der Waals surface area contributed by atoms with Crippen LogP contribution in [0, 0.1) is 0 Å². The zero-order chi connectivity index (χ0) is 20.2. The molecule has 3 aromatic heterocycles. The lowest BCUT2D eigenvalue weighted by molar-refractivity contribution is -0.121. The Morgan fingerprint density at radius 3 is 2.86 bits per heavy atom. The van der Waals surface area contributed by atoms with Gasteiger partial charge < -0.3 is 9.73 Å². The van der Waals surface area contributed by atoms with E-state index in [1.54, 1.807) is 23.6 Å². The van der Waals surface area contributed by atoms with Crippen molar-refractivity contribution in [3.05, 3.63) is 68.1 Å². The fraction of sp³-hybridized carbons (Fsp3) is 0.381. The number of fused-ring (bicyclic) bond motifs is 1. The molecule has 0 saturated carbocycles. The third-order valence-electron chi connectivity index (χ3n) is 5.19. The van der Waals surface area contributed by atoms with E-state index in [-0.39, 0.29) is 24.6 Å². The van der Waals surface area contributed by atoms with Crippen LogP contribution in [0.2, 0.25) is 0 Å². The normalized spacial score (nSPS) is 14.1. The van der Waals surface area contributed by atoms with Crippen LogP contribution < -0.4 is 16.6 Å². The molecular weight excluding hydrogens is 390 g/mol. The second-order valence-corrected chi connectivity index (χ2v) is 8.10. The first-order valence-corrected chi connectivity index (χ1v) is 10.7. The topological polar surface area (TPSA) is 86.2 Å². The standard InChI is InChI=1S/C21H23N3O4S/c25-18(22-10-8-15-5-2-1-3-6-15)14-23-17-9-12-29-19(17)20(26)24(21(23)27)13-16-7-4-11-28-16/h4-5,7,9,11-12H,1-3,6,8,10,13-14H2,(H,22,25). The maximum absolute atomic E-state index is 13.0. The number of thiophene rings is 1. The predicted octanol–water partition coefficient (Wildman–Crippen LogP) is 2.87. The van der Waals surface area contributed by atoms with Crippen molar-refractivity contribution in [3.8, 4) is 0 Å². The summed E-state index contributed by atoms with van der Waals surface area (Å²) >= 11 is 1.26. The van der Waals surface area contributed by atoms with E-state index in [9.17, 15) is 14.4 Å². The molecule has 0 aliphatic heterocycles. The second kappa shape index (κ2) is 8.65. The van der Waals surface area contributed by atoms with E-state index >= 15 is 0 Å². The zero-order valence-electron chi connectivity index (χ0n) is 16.1. The number of furan rings is 1. The monoisotopic (exact) mass is 413 g/mol. The number of carbonyl (C=O) groups excluding carboxylic acids is 1. The number of hydrogen-bond donors (Lipinski definition) is 1. The molecular formula is C21H23N3O4S. The number of aromatic nitrogens is 2. The van der Waals surface area contributed by atoms with Gasteiger partial charge in [0.1, 0.15) is 17.0 Å². The number of nitrogens with one attached hydrogen (secondary N) is 1. The zero-order valence-corrected chi connectivity index (χ0v) is 16.9. The van der Waals surface area contributed by atoms with Crippen molar-refractivity contribution in [2.24, 2.45) is 0 Å². The molecule has 0 unspecified atom stereocenters. The lowest BCUT2D eigenvalue weighted by Gasteiger charge is -2.14. The summed E-state index contributed by atoms with van der Waals surface area (Å²) < 4.78 is 8.23. The lowest BCUT2D eigenvalue weighted by atomic mass is 9.97. The fourth-order valence-corrected chi connectivity index (χ4v) is 4.52. The highest BCUT2D eigenvalue weighted by molar-refractivity contribution is 7.17. The van der Waals surface area contributed by atoms with Crippen LogP contribution >= 0.6 is 11.3 Å². The van der Waals surface area contributed by atoms with Crippen molar-refractivity contribution in [1.29, 1.82) is 0 Å². The Morgan fingerprint density at radius 2 is 2.10 bits per heavy atom. The molecule has 0 atom stereocenters. The van der Waals surface area contributed by atoms with Gasteiger partial charge >= 0.3 is 5.69 Å². The van der Waals surface area contributed by atoms with Crippen LogP contribution in [0.15, 0.2) is 55.5 Å². The average molecular weight is 413 g/mol. The molecule has 29 heavy (non-hydrogen) atoms. The number of amides is 1. The van der Waals surface area contributed by atoms with Gasteiger partial charge in [0.25, 0.3) is 5.56 Å². The molecule has 0 spiro atoms. The maximum atomic E-state index is 13.0. The van der Waals surface area contributed by atoms with Gasteiger partial charge in [0.2, 0.25) is 5.91 Å². The SMILES string of the molecule is O=C(Cn1c(=O)n(Cc2ccco2)c(=O)c2sccc21)NCCC1=CCCCC1. The Morgan fingerprint density at radius 1 is 1.21 bits per heavy atom. The van der Waals surface area contributed by atoms with Gasteiger partial charge in [-0.2, -0.15) is 0 Å². The molecule has 1 N–H and O–H groups in total. The van der Waals surface area contributed by atoms with E-state index in [2.05, 4.69) is 11.4 Å². The first-order valence-electron chi connectivity index (χ1n) is 9.81. The Kier molecular flexibility index (Phi) is 5.80. The molecule has 4 rings (SSSR count). The lowest BCUT2D eigenvalue weighted by Crippen LogP contribution is -2.42. The van der Waals surface area contributed by atoms with E-state index in [1.165, 1.54) is 40.6 Å². The Bertz CT molecular complexity index is 1150. The minimum atomic E-state index is -0.512. The second-order valence-electron chi connectivity index (χ2n) is 7.18. The molecule has 0 bridgehead atoms. The van der Waals surface area contributed by atoms with E-state index in [4.69, 9.17) is 4.42 Å². The molecule has 0 radical (unpaired) electrons. The first kappa shape index (κ1) is 19.4. The predicted molar refractivity (Wildman–Crippen MR) is 112 cm³/mol. The molecule has 8 heteroatoms. The third kappa shape index (κ3) is 4.27. The van der Waals surface area contributed by atoms with Gasteiger partial charge in [-0.1, -0.05) is 11.6 Å². The van der Waals surface area contributed by atoms with Crippen molar-refractivity contribution in [2.45, 2.75) is 45.2 Å². The highest BCUT2D eigenvalue weighted by Gasteiger charge is 2.17. The van der Waals surface area contributed by atoms with Gasteiger partial charge in [-0.05, 0) is 55.7 Å². The van der Waals surface area contributed by atoms with Crippen LogP contribution in [0.5, 0.6) is 0 Å². The van der Waals surface area contributed by atoms with Gasteiger partial charge in [-0.3, -0.25) is 18.7 Å². The summed E-state index contributed by atoms with van der Waals surface area (Å²) in [5.74, 6) is 0.274. The molecule has 152 valence electrons. The number of rotatable bonds is 7. The van der Waals surface area contributed by atoms with Crippen LogP contribution in [0.4, 0.5) is 0 Å². The summed E-state index contributed by atoms with van der Waals surface area (Å²) in [7, 11) is 0. The van der Waals surface area contributed by atoms with E-state index in [0.717, 1.165) is 23.8 Å². The van der Waals surface area contributed by atoms with Gasteiger partial charge in [0, 0.05) is 6.54 Å². The molecule has 3 heterocycles. The fourth-order valence-electron chi connectivity index (χ4n) is 3.68. The van der Waals surface area contributed by atoms with Crippen LogP contribution in [0.25, 0.3) is 10.2 Å². The van der Waals surface area contributed by atoms with Crippen molar-refractivity contribution in [2.75, 3.05) is 6.54 Å². The molecule has 1 amide bonds. The molecule has 0 saturated heterocycles. The third-order valence-corrected chi connectivity index (χ3v) is 6.08. The van der Waals surface area contributed by atoms with Gasteiger partial charge in [-0.15, -0.1) is 11.3 Å². The average Bonchev–Trinajstić information content (AvgIpc) is 3.41. The van der Waals surface area contributed by atoms with Gasteiger partial charge in [0.05, 0.1) is 18.3 Å². The highest BCUT2D eigenvalue weighted by Crippen LogP contribution is 2.19. The number of hydrogen-bond acceptors (Lipinski definition) is 5. The molecule has 3 aromatic rings. The van der Waals surface area contributed by atoms with Crippen LogP contribution in [0.3, 0.4) is 0 Å². The van der Waals surface area contributed by atoms with Crippen molar-refractivity contribution < 1.29 is 9.21 Å². The van der Waals surface area contributed by atoms with Crippen molar-refractivity contribution in [1.82, 2.24) is 14.5 Å². The van der Waals surface area contributed by atoms with Crippen molar-refractivity contribution >= 4 is 27.5 Å². The summed E-state index contributed by atoms with van der Waals surface area (Å²) in [6.07, 6.45) is 9.27. The minimum Gasteiger partial charge on any atom is -0.467 e. The van der Waals surface area contributed by atoms with E-state index < -0.39 is 5.69 Å². The van der Waals surface area contributed by atoms with Crippen LogP contribution in [0.1, 0.15) is 37.9 Å². The summed E-state index contributed by atoms with van der Waals surface area (Å²) in [5, 5.41) is 4.66. The Hall–Kier alpha value is -2.87. The summed E-state index contributed by atoms with van der Waals surface area (Å²) in [6, 6.07) is 5.12. The summed E-state index contributed by atoms with van der Waals surface area (Å²) in [5.41, 5.74) is 1.01. The summed E-state index contributed by atoms with van der Waals surface area (Å²) in [6.45, 7) is 0.468. The molecule has 0 fully saturated rings. The van der Waals surface area contributed by atoms with E-state index in [0.29, 0.717) is 22.5 Å². The maximum Gasteiger partial charge on any atom is 0.332 e. The Balaban J connectivity index is 1.54. The molecule has 1 aliphatic rings. The van der Waals surface area contributed by atoms with Gasteiger partial charge in [0.15, 0.2) is 0 Å². The largest absolute Gasteiger partial charge is 0.467 e. The smallest absolute Gasteiger partial charge is 0.332 e. The van der Waals surface area contributed by atoms with Crippen molar-refractivity contribution in [3.63, 3.8) is 0 Å². The molecule has 0 aromatic carbocycles. The molecule has 1 aliphatic carbocycles. The minimum absolute atomic E-state index is 0.0360. The number of allylic oxidation sites excluding steroid dienone is 1. The van der Waals surface area contributed by atoms with E-state index in [1.807, 2.05) is 0 Å². The molecule has 7 nitrogen and oxygen atoms in total.